The number of nitrogens with two attached hydrogens (primary N) is 1. The number of H-pyrrole nitrogens is 2. The first-order valence-electron chi connectivity index (χ1n) is 12.5. The highest BCUT2D eigenvalue weighted by molar-refractivity contribution is 8.39. The molecule has 0 bridgehead atoms. The first-order chi connectivity index (χ1) is 21.3. The maximum absolute atomic E-state index is 16.5. The zero-order valence-corrected chi connectivity index (χ0v) is 25.6. The van der Waals surface area contributed by atoms with E-state index in [0.29, 0.717) is 4.68 Å². The predicted molar refractivity (Wildman–Crippen MR) is 152 cm³/mol. The van der Waals surface area contributed by atoms with Gasteiger partial charge < -0.3 is 34.7 Å². The molecule has 0 aliphatic carbocycles. The number of thiol groups is 1. The number of rotatable bonds is 10. The minimum absolute atomic E-state index is 0.121. The van der Waals surface area contributed by atoms with E-state index in [1.165, 1.54) is 0 Å². The fourth-order valence-corrected chi connectivity index (χ4v) is 7.11. The molecular weight excluding hydrogens is 692 g/mol. The quantitative estimate of drug-likeness (QED) is 0.0856. The van der Waals surface area contributed by atoms with E-state index in [-0.39, 0.29) is 28.3 Å². The SMILES string of the molecule is Nc1nc2c(ncn2[C@@H]2O[C@H](CO)[C@@H](F)[C@H]2OP(O)(=S)OC[C@H]2OC[C@@](F)(n3nnc4c(=O)[nH]cnc43)[C@@H]2O[P+](=O)S)c(=O)[nH]1. The van der Waals surface area contributed by atoms with Crippen molar-refractivity contribution >= 4 is 66.3 Å². The Kier molecular flexibility index (Phi) is 8.58. The lowest BCUT2D eigenvalue weighted by atomic mass is 10.1. The Hall–Kier alpha value is -2.89. The molecule has 6 heterocycles. The highest BCUT2D eigenvalue weighted by atomic mass is 32.7. The number of ether oxygens (including phenoxy) is 2. The van der Waals surface area contributed by atoms with Gasteiger partial charge in [-0.25, -0.2) is 18.7 Å². The lowest BCUT2D eigenvalue weighted by Crippen LogP contribution is -2.45. The lowest BCUT2D eigenvalue weighted by Gasteiger charge is -2.27. The van der Waals surface area contributed by atoms with E-state index in [2.05, 4.69) is 47.5 Å². The summed E-state index contributed by atoms with van der Waals surface area (Å²) in [6.07, 6.45) is -7.92. The summed E-state index contributed by atoms with van der Waals surface area (Å²) >= 11 is 8.78. The lowest BCUT2D eigenvalue weighted by molar-refractivity contribution is -0.0499. The third kappa shape index (κ3) is 5.80. The summed E-state index contributed by atoms with van der Waals surface area (Å²) in [7, 11) is -2.76. The number of aliphatic hydroxyl groups is 1. The smallest absolute Gasteiger partial charge is 0.394 e. The fourth-order valence-electron chi connectivity index (χ4n) is 4.91. The number of nitrogens with zero attached hydrogens (tertiary/aromatic N) is 7. The standard InChI is InChI=1S/C19H20F2N10O10P2S2/c20-8-6(1-32)39-17(30-5-25-9-14(30)26-18(22)27-16(9)34)11(8)41-43(36,45)38-2-7-12(40-42(35)44)19(21,3-37-7)31-13-10(28-29-31)15(33)24-4-23-13/h4-8,11-12,17,32H,1-3H2,(H5-,22,23,24,26,27,29,33,34,35,36,44,45)/p+1/t6-,7-,8-,11-,12-,17-,19-,43?/m1/s1. The van der Waals surface area contributed by atoms with Crippen molar-refractivity contribution in [2.24, 2.45) is 0 Å². The minimum Gasteiger partial charge on any atom is -0.394 e. The van der Waals surface area contributed by atoms with Crippen LogP contribution in [0.3, 0.4) is 0 Å². The number of fused-ring (bicyclic) bond motifs is 2. The largest absolute Gasteiger partial charge is 0.582 e. The average Bonchev–Trinajstić information content (AvgIpc) is 3.74. The summed E-state index contributed by atoms with van der Waals surface area (Å²) in [6, 6.07) is 0. The van der Waals surface area contributed by atoms with Gasteiger partial charge in [0, 0.05) is 0 Å². The first-order valence-corrected chi connectivity index (χ1v) is 17.5. The van der Waals surface area contributed by atoms with E-state index in [0.717, 1.165) is 17.2 Å². The van der Waals surface area contributed by atoms with Crippen LogP contribution in [-0.2, 0) is 45.2 Å². The molecule has 0 aromatic carbocycles. The van der Waals surface area contributed by atoms with Crippen LogP contribution in [0.2, 0.25) is 0 Å². The van der Waals surface area contributed by atoms with Crippen molar-refractivity contribution in [2.75, 3.05) is 25.6 Å². The summed E-state index contributed by atoms with van der Waals surface area (Å²) < 4.78 is 72.6. The molecule has 2 aliphatic heterocycles. The average molecular weight is 714 g/mol. The summed E-state index contributed by atoms with van der Waals surface area (Å²) in [6.45, 7) is -6.80. The molecule has 2 unspecified atom stereocenters. The molecule has 26 heteroatoms. The molecule has 2 saturated heterocycles. The van der Waals surface area contributed by atoms with Crippen molar-refractivity contribution in [1.82, 2.24) is 44.5 Å². The maximum Gasteiger partial charge on any atom is 0.582 e. The van der Waals surface area contributed by atoms with Crippen LogP contribution < -0.4 is 16.9 Å². The van der Waals surface area contributed by atoms with E-state index in [9.17, 15) is 24.2 Å². The van der Waals surface area contributed by atoms with E-state index in [1.54, 1.807) is 0 Å². The van der Waals surface area contributed by atoms with Crippen LogP contribution in [0.4, 0.5) is 14.7 Å². The summed E-state index contributed by atoms with van der Waals surface area (Å²) in [4.78, 5) is 51.5. The summed E-state index contributed by atoms with van der Waals surface area (Å²) in [5.74, 6) is -3.04. The topological polar surface area (TPSA) is 270 Å². The van der Waals surface area contributed by atoms with E-state index in [4.69, 9.17) is 40.6 Å². The van der Waals surface area contributed by atoms with Gasteiger partial charge in [0.05, 0.1) is 25.9 Å². The normalized spacial score (nSPS) is 30.3. The monoisotopic (exact) mass is 713 g/mol. The van der Waals surface area contributed by atoms with Gasteiger partial charge in [0.15, 0.2) is 40.8 Å². The van der Waals surface area contributed by atoms with Crippen molar-refractivity contribution in [3.05, 3.63) is 33.4 Å². The Balaban J connectivity index is 1.23. The zero-order valence-electron chi connectivity index (χ0n) is 22.1. The number of halogens is 2. The number of hydrogen-bond donors (Lipinski definition) is 6. The molecule has 45 heavy (non-hydrogen) atoms. The minimum atomic E-state index is -4.45. The van der Waals surface area contributed by atoms with E-state index in [1.807, 2.05) is 0 Å². The number of aliphatic hydroxyl groups excluding tert-OH is 1. The Morgan fingerprint density at radius 3 is 2.80 bits per heavy atom. The molecule has 4 aromatic rings. The van der Waals surface area contributed by atoms with Crippen LogP contribution in [0.1, 0.15) is 6.23 Å². The van der Waals surface area contributed by atoms with Crippen LogP contribution in [0, 0.1) is 0 Å². The zero-order chi connectivity index (χ0) is 32.3. The highest BCUT2D eigenvalue weighted by Crippen LogP contribution is 2.51. The van der Waals surface area contributed by atoms with Gasteiger partial charge in [0.2, 0.25) is 5.95 Å². The fraction of sp³-hybridized carbons (Fsp3) is 0.526. The number of nitrogen functional groups attached to an aromatic ring is 1. The van der Waals surface area contributed by atoms with Crippen LogP contribution in [0.5, 0.6) is 0 Å². The molecule has 0 spiro atoms. The molecule has 9 atom stereocenters. The van der Waals surface area contributed by atoms with Gasteiger partial charge in [-0.1, -0.05) is 5.21 Å². The summed E-state index contributed by atoms with van der Waals surface area (Å²) in [5, 5.41) is 16.9. The number of aromatic nitrogens is 9. The van der Waals surface area contributed by atoms with E-state index < -0.39 is 87.5 Å². The molecule has 0 amide bonds. The van der Waals surface area contributed by atoms with Crippen LogP contribution >= 0.6 is 26.2 Å². The molecule has 4 aromatic heterocycles. The molecule has 0 saturated carbocycles. The van der Waals surface area contributed by atoms with Crippen molar-refractivity contribution in [3.8, 4) is 0 Å². The van der Waals surface area contributed by atoms with Gasteiger partial charge in [-0.15, -0.1) is 9.62 Å². The van der Waals surface area contributed by atoms with Crippen LogP contribution in [0.15, 0.2) is 22.2 Å². The van der Waals surface area contributed by atoms with Gasteiger partial charge in [0.25, 0.3) is 16.9 Å². The third-order valence-electron chi connectivity index (χ3n) is 6.90. The van der Waals surface area contributed by atoms with Gasteiger partial charge in [-0.05, 0) is 16.4 Å². The van der Waals surface area contributed by atoms with Crippen molar-refractivity contribution < 1.29 is 46.4 Å². The Morgan fingerprint density at radius 2 is 2.07 bits per heavy atom. The maximum atomic E-state index is 16.5. The van der Waals surface area contributed by atoms with Gasteiger partial charge in [-0.3, -0.25) is 23.7 Å². The third-order valence-corrected chi connectivity index (χ3v) is 9.15. The number of alkyl halides is 2. The second kappa shape index (κ2) is 12.0. The van der Waals surface area contributed by atoms with Gasteiger partial charge >= 0.3 is 13.9 Å². The molecule has 0 radical (unpaired) electrons. The number of imidazole rings is 1. The predicted octanol–water partition coefficient (Wildman–Crippen LogP) is -0.930. The highest BCUT2D eigenvalue weighted by Gasteiger charge is 2.59. The molecule has 6 rings (SSSR count). The van der Waals surface area contributed by atoms with Crippen molar-refractivity contribution in [1.29, 1.82) is 0 Å². The van der Waals surface area contributed by atoms with E-state index >= 15 is 8.78 Å². The molecular formula is C19H21F2N10O10P2S2+. The molecule has 242 valence electrons. The number of anilines is 1. The van der Waals surface area contributed by atoms with Gasteiger partial charge in [-0.2, -0.15) is 9.67 Å². The van der Waals surface area contributed by atoms with Gasteiger partial charge in [0.1, 0.15) is 37.2 Å². The second-order valence-corrected chi connectivity index (χ2v) is 14.1. The number of aromatic amines is 2. The Bertz CT molecular complexity index is 1950. The second-order valence-electron chi connectivity index (χ2n) is 9.64. The molecule has 20 nitrogen and oxygen atoms in total. The van der Waals surface area contributed by atoms with Crippen molar-refractivity contribution in [3.63, 3.8) is 0 Å². The Morgan fingerprint density at radius 1 is 1.29 bits per heavy atom. The molecule has 2 aliphatic rings. The molecule has 2 fully saturated rings. The van der Waals surface area contributed by atoms with Crippen molar-refractivity contribution in [2.45, 2.75) is 42.6 Å². The number of nitrogens with one attached hydrogen (secondary N) is 2. The number of hydrogen-bond acceptors (Lipinski definition) is 16. The van der Waals surface area contributed by atoms with Crippen LogP contribution in [0.25, 0.3) is 22.3 Å². The van der Waals surface area contributed by atoms with Crippen LogP contribution in [-0.4, -0.2) is 105 Å². The molecule has 6 N–H and O–H groups in total. The Labute approximate surface area is 258 Å². The first kappa shape index (κ1) is 32.1. The summed E-state index contributed by atoms with van der Waals surface area (Å²) in [5.41, 5.74) is 3.35.